The number of hydrogen-bond acceptors (Lipinski definition) is 4. The van der Waals surface area contributed by atoms with Crippen LogP contribution in [0.15, 0.2) is 36.4 Å². The van der Waals surface area contributed by atoms with E-state index in [0.717, 1.165) is 28.1 Å². The summed E-state index contributed by atoms with van der Waals surface area (Å²) in [6, 6.07) is 11.3. The number of nitrogens with zero attached hydrogens (tertiary/aromatic N) is 2. The predicted octanol–water partition coefficient (Wildman–Crippen LogP) is 4.77. The minimum Gasteiger partial charge on any atom is -0.497 e. The lowest BCUT2D eigenvalue weighted by atomic mass is 10.0. The molecule has 2 aromatic carbocycles. The molecule has 1 fully saturated rings. The number of ether oxygens (including phenoxy) is 2. The molecule has 1 heterocycles. The lowest BCUT2D eigenvalue weighted by Gasteiger charge is -2.30. The number of benzene rings is 2. The molecular formula is C25H32N2O5. The summed E-state index contributed by atoms with van der Waals surface area (Å²) < 4.78 is 11.0. The van der Waals surface area contributed by atoms with Gasteiger partial charge in [-0.05, 0) is 82.5 Å². The molecule has 7 heteroatoms. The van der Waals surface area contributed by atoms with Crippen LogP contribution in [0.2, 0.25) is 0 Å². The van der Waals surface area contributed by atoms with Crippen molar-refractivity contribution in [3.05, 3.63) is 53.1 Å². The molecule has 0 atom stereocenters. The second-order valence-corrected chi connectivity index (χ2v) is 9.44. The monoisotopic (exact) mass is 440 g/mol. The summed E-state index contributed by atoms with van der Waals surface area (Å²) in [5.41, 5.74) is 1.79. The molecule has 0 aromatic heterocycles. The summed E-state index contributed by atoms with van der Waals surface area (Å²) in [4.78, 5) is 28.4. The number of carboxylic acids is 1. The van der Waals surface area contributed by atoms with Gasteiger partial charge in [0.2, 0.25) is 0 Å². The van der Waals surface area contributed by atoms with Gasteiger partial charge in [0.15, 0.2) is 5.60 Å². The summed E-state index contributed by atoms with van der Waals surface area (Å²) in [6.45, 7) is 12.0. The highest BCUT2D eigenvalue weighted by Crippen LogP contribution is 2.34. The molecule has 2 amide bonds. The molecule has 3 rings (SSSR count). The number of amides is 2. The molecule has 0 spiro atoms. The molecule has 0 radical (unpaired) electrons. The van der Waals surface area contributed by atoms with E-state index in [0.29, 0.717) is 18.8 Å². The van der Waals surface area contributed by atoms with Crippen LogP contribution in [-0.4, -0.2) is 46.8 Å². The summed E-state index contributed by atoms with van der Waals surface area (Å²) in [5, 5.41) is 9.38. The number of anilines is 1. The summed E-state index contributed by atoms with van der Waals surface area (Å²) >= 11 is 0. The average Bonchev–Trinajstić information content (AvgIpc) is 2.94. The Hall–Kier alpha value is -3.22. The Morgan fingerprint density at radius 3 is 2.19 bits per heavy atom. The molecule has 172 valence electrons. The Kier molecular flexibility index (Phi) is 6.13. The van der Waals surface area contributed by atoms with Crippen molar-refractivity contribution >= 4 is 17.7 Å². The minimum absolute atomic E-state index is 0.0530. The summed E-state index contributed by atoms with van der Waals surface area (Å²) in [7, 11) is 1.61. The number of urea groups is 1. The molecule has 0 bridgehead atoms. The van der Waals surface area contributed by atoms with Crippen molar-refractivity contribution in [1.82, 2.24) is 4.90 Å². The predicted molar refractivity (Wildman–Crippen MR) is 124 cm³/mol. The normalized spacial score (nSPS) is 15.8. The van der Waals surface area contributed by atoms with Gasteiger partial charge in [0, 0.05) is 12.2 Å². The molecule has 1 N–H and O–H groups in total. The Balaban J connectivity index is 1.84. The highest BCUT2D eigenvalue weighted by Gasteiger charge is 2.43. The van der Waals surface area contributed by atoms with E-state index in [4.69, 9.17) is 9.47 Å². The number of methoxy groups -OCH3 is 1. The molecule has 1 aliphatic rings. The van der Waals surface area contributed by atoms with E-state index in [1.54, 1.807) is 12.0 Å². The number of carboxylic acid groups (broad SMARTS) is 1. The standard InChI is InChI=1S/C25H32N2O5/c1-16-12-18(13-17(2)21(16)32-25(5,6)22(28)29)14-27-23(30)26(15-24(27,3)4)19-8-10-20(31-7)11-9-19/h8-13H,14-15H2,1-7H3,(H,28,29). The van der Waals surface area contributed by atoms with E-state index in [2.05, 4.69) is 13.8 Å². The van der Waals surface area contributed by atoms with Crippen LogP contribution in [0.1, 0.15) is 44.4 Å². The lowest BCUT2D eigenvalue weighted by Crippen LogP contribution is -2.41. The zero-order valence-corrected chi connectivity index (χ0v) is 19.9. The average molecular weight is 441 g/mol. The lowest BCUT2D eigenvalue weighted by molar-refractivity contribution is -0.152. The molecular weight excluding hydrogens is 408 g/mol. The van der Waals surface area contributed by atoms with E-state index in [1.165, 1.54) is 13.8 Å². The van der Waals surface area contributed by atoms with Crippen molar-refractivity contribution in [2.75, 3.05) is 18.6 Å². The van der Waals surface area contributed by atoms with Gasteiger partial charge < -0.3 is 19.5 Å². The zero-order chi connectivity index (χ0) is 23.8. The third-order valence-corrected chi connectivity index (χ3v) is 5.85. The van der Waals surface area contributed by atoms with Crippen molar-refractivity contribution in [1.29, 1.82) is 0 Å². The van der Waals surface area contributed by atoms with Gasteiger partial charge in [-0.3, -0.25) is 4.90 Å². The SMILES string of the molecule is COc1ccc(N2CC(C)(C)N(Cc3cc(C)c(OC(C)(C)C(=O)O)c(C)c3)C2=O)cc1. The van der Waals surface area contributed by atoms with E-state index in [-0.39, 0.29) is 11.6 Å². The molecule has 0 unspecified atom stereocenters. The summed E-state index contributed by atoms with van der Waals surface area (Å²) in [5.74, 6) is 0.285. The number of rotatable bonds is 7. The van der Waals surface area contributed by atoms with Crippen LogP contribution >= 0.6 is 0 Å². The summed E-state index contributed by atoms with van der Waals surface area (Å²) in [6.07, 6.45) is 0. The van der Waals surface area contributed by atoms with Gasteiger partial charge in [0.05, 0.1) is 19.2 Å². The maximum absolute atomic E-state index is 13.3. The van der Waals surface area contributed by atoms with Crippen LogP contribution in [0.5, 0.6) is 11.5 Å². The third-order valence-electron chi connectivity index (χ3n) is 5.85. The molecule has 1 aliphatic heterocycles. The highest BCUT2D eigenvalue weighted by molar-refractivity contribution is 5.95. The first-order valence-corrected chi connectivity index (χ1v) is 10.6. The van der Waals surface area contributed by atoms with Crippen molar-refractivity contribution in [2.45, 2.75) is 59.2 Å². The van der Waals surface area contributed by atoms with Crippen LogP contribution in [0, 0.1) is 13.8 Å². The Labute approximate surface area is 189 Å². The zero-order valence-electron chi connectivity index (χ0n) is 19.9. The number of aliphatic carboxylic acids is 1. The maximum Gasteiger partial charge on any atom is 0.347 e. The van der Waals surface area contributed by atoms with Crippen LogP contribution < -0.4 is 14.4 Å². The van der Waals surface area contributed by atoms with Crippen molar-refractivity contribution < 1.29 is 24.2 Å². The van der Waals surface area contributed by atoms with Crippen molar-refractivity contribution in [3.63, 3.8) is 0 Å². The van der Waals surface area contributed by atoms with Crippen molar-refractivity contribution in [2.24, 2.45) is 0 Å². The molecule has 0 saturated carbocycles. The van der Waals surface area contributed by atoms with E-state index in [9.17, 15) is 14.7 Å². The van der Waals surface area contributed by atoms with Crippen LogP contribution in [0.4, 0.5) is 10.5 Å². The topological polar surface area (TPSA) is 79.3 Å². The first-order valence-electron chi connectivity index (χ1n) is 10.6. The van der Waals surface area contributed by atoms with Gasteiger partial charge in [0.1, 0.15) is 11.5 Å². The Morgan fingerprint density at radius 2 is 1.69 bits per heavy atom. The smallest absolute Gasteiger partial charge is 0.347 e. The van der Waals surface area contributed by atoms with Gasteiger partial charge in [0.25, 0.3) is 0 Å². The first-order chi connectivity index (χ1) is 14.9. The molecule has 2 aromatic rings. The third kappa shape index (κ3) is 4.52. The number of hydrogen-bond donors (Lipinski definition) is 1. The quantitative estimate of drug-likeness (QED) is 0.671. The van der Waals surface area contributed by atoms with E-state index >= 15 is 0 Å². The van der Waals surface area contributed by atoms with E-state index < -0.39 is 11.6 Å². The minimum atomic E-state index is -1.33. The van der Waals surface area contributed by atoms with Crippen molar-refractivity contribution in [3.8, 4) is 11.5 Å². The van der Waals surface area contributed by atoms with Crippen LogP contribution in [0.25, 0.3) is 0 Å². The van der Waals surface area contributed by atoms with Crippen LogP contribution in [-0.2, 0) is 11.3 Å². The maximum atomic E-state index is 13.3. The van der Waals surface area contributed by atoms with Crippen LogP contribution in [0.3, 0.4) is 0 Å². The first kappa shape index (κ1) is 23.4. The molecule has 1 saturated heterocycles. The fourth-order valence-electron chi connectivity index (χ4n) is 3.96. The van der Waals surface area contributed by atoms with Gasteiger partial charge >= 0.3 is 12.0 Å². The number of carbonyl (C=O) groups is 2. The van der Waals surface area contributed by atoms with Gasteiger partial charge in [-0.1, -0.05) is 12.1 Å². The number of aryl methyl sites for hydroxylation is 2. The molecule has 0 aliphatic carbocycles. The van der Waals surface area contributed by atoms with Gasteiger partial charge in [-0.15, -0.1) is 0 Å². The Morgan fingerprint density at radius 1 is 1.12 bits per heavy atom. The van der Waals surface area contributed by atoms with Gasteiger partial charge in [-0.2, -0.15) is 0 Å². The van der Waals surface area contributed by atoms with E-state index in [1.807, 2.05) is 55.1 Å². The molecule has 32 heavy (non-hydrogen) atoms. The second kappa shape index (κ2) is 8.37. The largest absolute Gasteiger partial charge is 0.497 e. The second-order valence-electron chi connectivity index (χ2n) is 9.44. The Bertz CT molecular complexity index is 1000. The molecule has 7 nitrogen and oxygen atoms in total. The highest BCUT2D eigenvalue weighted by atomic mass is 16.5. The fraction of sp³-hybridized carbons (Fsp3) is 0.440. The fourth-order valence-corrected chi connectivity index (χ4v) is 3.96. The number of carbonyl (C=O) groups excluding carboxylic acids is 1. The van der Waals surface area contributed by atoms with Gasteiger partial charge in [-0.25, -0.2) is 9.59 Å².